The number of hydrogen-bond donors (Lipinski definition) is 1. The van der Waals surface area contributed by atoms with Gasteiger partial charge in [-0.3, -0.25) is 14.9 Å². The SMILES string of the molecule is CCOC(=O)C1C(c2ccc3c(c2)OCO3)NC(c2ccc3c(c2)OCO3)C(C(=O)OCC)S1(=O)=O. The van der Waals surface area contributed by atoms with E-state index >= 15 is 0 Å². The summed E-state index contributed by atoms with van der Waals surface area (Å²) in [4.78, 5) is 26.1. The van der Waals surface area contributed by atoms with Crippen LogP contribution in [0.2, 0.25) is 0 Å². The second-order valence-corrected chi connectivity index (χ2v) is 10.5. The highest BCUT2D eigenvalue weighted by Crippen LogP contribution is 2.44. The molecule has 4 unspecified atom stereocenters. The van der Waals surface area contributed by atoms with Crippen LogP contribution in [0.25, 0.3) is 0 Å². The van der Waals surface area contributed by atoms with Crippen LogP contribution < -0.4 is 24.3 Å². The molecule has 0 amide bonds. The summed E-state index contributed by atoms with van der Waals surface area (Å²) in [6, 6.07) is 7.67. The zero-order chi connectivity index (χ0) is 25.4. The molecule has 3 heterocycles. The van der Waals surface area contributed by atoms with Gasteiger partial charge >= 0.3 is 11.9 Å². The minimum Gasteiger partial charge on any atom is -0.465 e. The maximum absolute atomic E-state index is 14.0. The Kier molecular flexibility index (Phi) is 6.39. The van der Waals surface area contributed by atoms with Gasteiger partial charge in [0, 0.05) is 0 Å². The van der Waals surface area contributed by atoms with E-state index in [9.17, 15) is 18.0 Å². The zero-order valence-electron chi connectivity index (χ0n) is 19.6. The number of esters is 2. The second-order valence-electron chi connectivity index (χ2n) is 8.28. The highest BCUT2D eigenvalue weighted by Gasteiger charge is 2.57. The van der Waals surface area contributed by atoms with Crippen molar-refractivity contribution in [3.8, 4) is 23.0 Å². The quantitative estimate of drug-likeness (QED) is 0.560. The summed E-state index contributed by atoms with van der Waals surface area (Å²) in [5.74, 6) is -0.0937. The van der Waals surface area contributed by atoms with E-state index in [1.807, 2.05) is 0 Å². The van der Waals surface area contributed by atoms with Crippen molar-refractivity contribution in [3.63, 3.8) is 0 Å². The molecule has 1 fully saturated rings. The first kappa shape index (κ1) is 24.2. The number of ether oxygens (including phenoxy) is 6. The van der Waals surface area contributed by atoms with E-state index in [1.165, 1.54) is 0 Å². The molecule has 1 N–H and O–H groups in total. The minimum atomic E-state index is -4.49. The Labute approximate surface area is 207 Å². The molecule has 5 rings (SSSR count). The Balaban J connectivity index is 1.64. The molecule has 3 aliphatic heterocycles. The lowest BCUT2D eigenvalue weighted by molar-refractivity contribution is -0.144. The van der Waals surface area contributed by atoms with E-state index in [1.54, 1.807) is 50.2 Å². The predicted molar refractivity (Wildman–Crippen MR) is 124 cm³/mol. The number of nitrogens with one attached hydrogen (secondary N) is 1. The number of rotatable bonds is 6. The predicted octanol–water partition coefficient (Wildman–Crippen LogP) is 1.81. The van der Waals surface area contributed by atoms with E-state index in [0.29, 0.717) is 34.1 Å². The summed E-state index contributed by atoms with van der Waals surface area (Å²) in [5, 5.41) is -0.192. The van der Waals surface area contributed by atoms with Gasteiger partial charge in [-0.1, -0.05) is 12.1 Å². The molecule has 36 heavy (non-hydrogen) atoms. The lowest BCUT2D eigenvalue weighted by Gasteiger charge is -2.40. The number of hydrogen-bond acceptors (Lipinski definition) is 11. The standard InChI is InChI=1S/C24H25NO10S/c1-3-30-23(26)21-19(13-5-7-15-17(9-13)34-11-32-15)25-20(22(36(21,28)29)24(27)31-4-2)14-6-8-16-18(10-14)35-12-33-16/h5-10,19-22,25H,3-4,11-12H2,1-2H3. The van der Waals surface area contributed by atoms with E-state index < -0.39 is 44.4 Å². The van der Waals surface area contributed by atoms with Crippen molar-refractivity contribution in [1.82, 2.24) is 5.32 Å². The number of sulfone groups is 1. The molecule has 11 nitrogen and oxygen atoms in total. The van der Waals surface area contributed by atoms with E-state index in [-0.39, 0.29) is 26.8 Å². The van der Waals surface area contributed by atoms with Crippen LogP contribution in [0, 0.1) is 0 Å². The van der Waals surface area contributed by atoms with Gasteiger partial charge in [-0.25, -0.2) is 8.42 Å². The van der Waals surface area contributed by atoms with Crippen LogP contribution in [-0.2, 0) is 28.9 Å². The van der Waals surface area contributed by atoms with Gasteiger partial charge in [-0.05, 0) is 49.2 Å². The summed E-state index contributed by atoms with van der Waals surface area (Å²) < 4.78 is 60.0. The van der Waals surface area contributed by atoms with E-state index in [2.05, 4.69) is 5.32 Å². The van der Waals surface area contributed by atoms with Crippen LogP contribution in [0.4, 0.5) is 0 Å². The first-order valence-electron chi connectivity index (χ1n) is 11.5. The largest absolute Gasteiger partial charge is 0.465 e. The van der Waals surface area contributed by atoms with Crippen LogP contribution in [-0.4, -0.2) is 57.7 Å². The molecule has 0 aliphatic carbocycles. The summed E-state index contributed by atoms with van der Waals surface area (Å²) in [6.07, 6.45) is 0. The molecule has 0 spiro atoms. The highest BCUT2D eigenvalue weighted by atomic mass is 32.2. The van der Waals surface area contributed by atoms with Crippen molar-refractivity contribution >= 4 is 21.8 Å². The third-order valence-electron chi connectivity index (χ3n) is 6.22. The van der Waals surface area contributed by atoms with E-state index in [4.69, 9.17) is 28.4 Å². The molecule has 3 aliphatic rings. The van der Waals surface area contributed by atoms with Crippen molar-refractivity contribution in [1.29, 1.82) is 0 Å². The first-order valence-corrected chi connectivity index (χ1v) is 13.1. The fourth-order valence-corrected chi connectivity index (χ4v) is 6.87. The number of benzene rings is 2. The molecule has 0 bridgehead atoms. The molecule has 0 saturated carbocycles. The number of carbonyl (C=O) groups excluding carboxylic acids is 2. The monoisotopic (exact) mass is 519 g/mol. The average molecular weight is 520 g/mol. The molecule has 0 aromatic heterocycles. The highest BCUT2D eigenvalue weighted by molar-refractivity contribution is 7.94. The smallest absolute Gasteiger partial charge is 0.326 e. The van der Waals surface area contributed by atoms with Gasteiger partial charge in [0.15, 0.2) is 43.3 Å². The Morgan fingerprint density at radius 1 is 0.778 bits per heavy atom. The molecule has 1 saturated heterocycles. The molecular weight excluding hydrogens is 494 g/mol. The summed E-state index contributed by atoms with van der Waals surface area (Å²) in [7, 11) is -4.49. The van der Waals surface area contributed by atoms with Crippen LogP contribution >= 0.6 is 0 Å². The topological polar surface area (TPSA) is 136 Å². The second kappa shape index (κ2) is 9.51. The van der Waals surface area contributed by atoms with Gasteiger partial charge < -0.3 is 28.4 Å². The number of carbonyl (C=O) groups is 2. The third-order valence-corrected chi connectivity index (χ3v) is 8.57. The summed E-state index contributed by atoms with van der Waals surface area (Å²) >= 11 is 0. The van der Waals surface area contributed by atoms with Gasteiger partial charge in [0.25, 0.3) is 0 Å². The Morgan fingerprint density at radius 2 is 1.19 bits per heavy atom. The summed E-state index contributed by atoms with van der Waals surface area (Å²) in [6.45, 7) is 3.15. The van der Waals surface area contributed by atoms with Crippen molar-refractivity contribution in [2.24, 2.45) is 0 Å². The average Bonchev–Trinajstić information content (AvgIpc) is 3.51. The van der Waals surface area contributed by atoms with Crippen molar-refractivity contribution in [2.45, 2.75) is 36.4 Å². The number of fused-ring (bicyclic) bond motifs is 2. The van der Waals surface area contributed by atoms with Crippen molar-refractivity contribution < 1.29 is 46.4 Å². The fraction of sp³-hybridized carbons (Fsp3) is 0.417. The minimum absolute atomic E-state index is 0.0290. The molecule has 2 aromatic carbocycles. The van der Waals surface area contributed by atoms with Gasteiger partial charge in [0.05, 0.1) is 25.3 Å². The fourth-order valence-electron chi connectivity index (χ4n) is 4.65. The molecule has 192 valence electrons. The molecule has 2 aromatic rings. The van der Waals surface area contributed by atoms with Gasteiger partial charge in [-0.15, -0.1) is 0 Å². The third kappa shape index (κ3) is 4.09. The Bertz CT molecular complexity index is 1200. The van der Waals surface area contributed by atoms with Crippen LogP contribution in [0.1, 0.15) is 37.1 Å². The Morgan fingerprint density at radius 3 is 1.61 bits per heavy atom. The lowest BCUT2D eigenvalue weighted by Crippen LogP contribution is -2.59. The lowest BCUT2D eigenvalue weighted by atomic mass is 9.96. The molecule has 4 atom stereocenters. The maximum atomic E-state index is 14.0. The van der Waals surface area contributed by atoms with Gasteiger partial charge in [-0.2, -0.15) is 0 Å². The molecular formula is C24H25NO10S. The summed E-state index contributed by atoms with van der Waals surface area (Å²) in [5.41, 5.74) is 0.905. The Hall–Kier alpha value is -3.51. The van der Waals surface area contributed by atoms with Crippen LogP contribution in [0.5, 0.6) is 23.0 Å². The van der Waals surface area contributed by atoms with E-state index in [0.717, 1.165) is 0 Å². The first-order chi connectivity index (χ1) is 17.3. The van der Waals surface area contributed by atoms with Crippen molar-refractivity contribution in [3.05, 3.63) is 47.5 Å². The molecule has 0 radical (unpaired) electrons. The van der Waals surface area contributed by atoms with Crippen LogP contribution in [0.3, 0.4) is 0 Å². The van der Waals surface area contributed by atoms with Gasteiger partial charge in [0.1, 0.15) is 0 Å². The van der Waals surface area contributed by atoms with Crippen molar-refractivity contribution in [2.75, 3.05) is 26.8 Å². The van der Waals surface area contributed by atoms with Gasteiger partial charge in [0.2, 0.25) is 13.6 Å². The maximum Gasteiger partial charge on any atom is 0.326 e. The zero-order valence-corrected chi connectivity index (χ0v) is 20.4. The van der Waals surface area contributed by atoms with Crippen LogP contribution in [0.15, 0.2) is 36.4 Å². The normalized spacial score (nSPS) is 25.3. The molecule has 12 heteroatoms.